The van der Waals surface area contributed by atoms with Crippen LogP contribution < -0.4 is 53.6 Å². The number of aromatic nitrogens is 1. The summed E-state index contributed by atoms with van der Waals surface area (Å²) in [6.07, 6.45) is -2.12. The summed E-state index contributed by atoms with van der Waals surface area (Å²) in [4.78, 5) is 153. The Balaban J connectivity index is 1.63. The highest BCUT2D eigenvalue weighted by atomic mass is 16.4. The Hall–Kier alpha value is -7.76. The van der Waals surface area contributed by atoms with Gasteiger partial charge in [0.05, 0.1) is 45.3 Å². The zero-order valence-electron chi connectivity index (χ0n) is 36.1. The number of aromatic amines is 1. The van der Waals surface area contributed by atoms with Crippen LogP contribution >= 0.6 is 0 Å². The van der Waals surface area contributed by atoms with E-state index in [1.54, 1.807) is 30.5 Å². The number of hydrogen-bond donors (Lipinski definition) is 17. The number of H-pyrrole nitrogens is 1. The summed E-state index contributed by atoms with van der Waals surface area (Å²) in [7, 11) is 0. The molecule has 3 rings (SSSR count). The lowest BCUT2D eigenvalue weighted by molar-refractivity contribution is -0.143. The fourth-order valence-corrected chi connectivity index (χ4v) is 6.45. The fourth-order valence-electron chi connectivity index (χ4n) is 6.45. The lowest BCUT2D eigenvalue weighted by Crippen LogP contribution is -2.62. The summed E-state index contributed by atoms with van der Waals surface area (Å²) < 4.78 is 0. The number of amides is 10. The number of carboxylic acids is 2. The minimum Gasteiger partial charge on any atom is -0.481 e. The van der Waals surface area contributed by atoms with Crippen molar-refractivity contribution >= 4 is 81.9 Å². The number of aliphatic hydroxyl groups is 4. The van der Waals surface area contributed by atoms with E-state index in [1.165, 1.54) is 0 Å². The molecule has 10 amide bonds. The smallest absolute Gasteiger partial charge is 0.326 e. The standard InChI is InChI=1S/C39H53N11O18/c1-16(54)31(38(66)42-12-29(57)44-21(33(61)46-23(39(67)68)9-27(40)55)8-17-11-41-19-5-3-2-4-18(17)19)50-37(65)26(15-53)49-36(64)25(14-52)48-35(63)24(13-51)47-34(62)22(10-30(58)59)45-32(60)20-6-7-28(56)43-20/h2-5,11,16,20-26,31,41,51-54H,6-10,12-15H2,1H3,(H2,40,55)(H,42,66)(H,43,56)(H,44,57)(H,45,60)(H,46,61)(H,47,62)(H,48,63)(H,49,64)(H,50,65)(H,58,59)(H,67,68)/t16-,20+,21+,22+,23+,24+,25+,26+,31+/m1/s1. The molecule has 18 N–H and O–H groups in total. The minimum atomic E-state index is -1.95. The second-order valence-electron chi connectivity index (χ2n) is 15.2. The van der Waals surface area contributed by atoms with E-state index in [0.717, 1.165) is 6.92 Å². The van der Waals surface area contributed by atoms with Gasteiger partial charge < -0.3 is 89.2 Å². The Morgan fingerprint density at radius 3 is 1.72 bits per heavy atom. The van der Waals surface area contributed by atoms with Gasteiger partial charge in [-0.3, -0.25) is 52.7 Å². The monoisotopic (exact) mass is 963 g/mol. The lowest BCUT2D eigenvalue weighted by Gasteiger charge is -2.26. The van der Waals surface area contributed by atoms with Crippen molar-refractivity contribution in [3.05, 3.63) is 36.0 Å². The van der Waals surface area contributed by atoms with Crippen molar-refractivity contribution in [1.29, 1.82) is 0 Å². The first-order valence-electron chi connectivity index (χ1n) is 20.6. The third-order valence-corrected chi connectivity index (χ3v) is 10.0. The molecule has 0 spiro atoms. The third-order valence-electron chi connectivity index (χ3n) is 10.0. The highest BCUT2D eigenvalue weighted by Crippen LogP contribution is 2.19. The number of aliphatic hydroxyl groups excluding tert-OH is 4. The van der Waals surface area contributed by atoms with Crippen molar-refractivity contribution in [3.8, 4) is 0 Å². The minimum absolute atomic E-state index is 0.00308. The number of rotatable bonds is 27. The van der Waals surface area contributed by atoms with Crippen molar-refractivity contribution in [2.45, 2.75) is 93.5 Å². The Bertz CT molecular complexity index is 2230. The van der Waals surface area contributed by atoms with Crippen LogP contribution in [-0.2, 0) is 64.0 Å². The summed E-state index contributed by atoms with van der Waals surface area (Å²) >= 11 is 0. The molecule has 1 aliphatic heterocycles. The average Bonchev–Trinajstić information content (AvgIpc) is 3.91. The van der Waals surface area contributed by atoms with Crippen LogP contribution in [0.5, 0.6) is 0 Å². The van der Waals surface area contributed by atoms with Crippen molar-refractivity contribution in [1.82, 2.24) is 52.8 Å². The molecule has 29 heteroatoms. The van der Waals surface area contributed by atoms with Crippen LogP contribution in [0.1, 0.15) is 38.2 Å². The van der Waals surface area contributed by atoms with Crippen LogP contribution in [-0.4, -0.2) is 187 Å². The maximum Gasteiger partial charge on any atom is 0.326 e. The topological polar surface area (TPSA) is 476 Å². The van der Waals surface area contributed by atoms with Gasteiger partial charge in [-0.05, 0) is 25.0 Å². The van der Waals surface area contributed by atoms with Crippen LogP contribution in [0.25, 0.3) is 10.9 Å². The Labute approximate surface area is 384 Å². The molecule has 0 aliphatic carbocycles. The highest BCUT2D eigenvalue weighted by molar-refractivity contribution is 5.99. The van der Waals surface area contributed by atoms with E-state index >= 15 is 0 Å². The van der Waals surface area contributed by atoms with Crippen molar-refractivity contribution < 1.29 is 88.2 Å². The normalized spacial score (nSPS) is 16.7. The van der Waals surface area contributed by atoms with Gasteiger partial charge in [-0.15, -0.1) is 0 Å². The zero-order chi connectivity index (χ0) is 50.8. The number of hydrogen-bond acceptors (Lipinski definition) is 16. The van der Waals surface area contributed by atoms with Crippen LogP contribution in [0.15, 0.2) is 30.5 Å². The largest absolute Gasteiger partial charge is 0.481 e. The van der Waals surface area contributed by atoms with Gasteiger partial charge in [-0.1, -0.05) is 18.2 Å². The van der Waals surface area contributed by atoms with Crippen molar-refractivity contribution in [2.75, 3.05) is 26.4 Å². The SMILES string of the molecule is C[C@@H](O)[C@H](NC(=O)[C@H](CO)NC(=O)[C@H](CO)NC(=O)[C@H](CO)NC(=O)[C@H](CC(=O)O)NC(=O)[C@@H]1CCC(=O)N1)C(=O)NCC(=O)N[C@@H](Cc1c[nH]c2ccccc12)C(=O)N[C@@H](CC(N)=O)C(=O)O. The summed E-state index contributed by atoms with van der Waals surface area (Å²) in [6.45, 7) is -3.39. The quantitative estimate of drug-likeness (QED) is 0.0395. The van der Waals surface area contributed by atoms with E-state index in [2.05, 4.69) is 36.9 Å². The Morgan fingerprint density at radius 2 is 1.22 bits per heavy atom. The summed E-state index contributed by atoms with van der Waals surface area (Å²) in [6, 6.07) is -6.98. The van der Waals surface area contributed by atoms with Gasteiger partial charge in [0.15, 0.2) is 0 Å². The molecule has 0 bridgehead atoms. The van der Waals surface area contributed by atoms with E-state index < -0.39 is 165 Å². The molecule has 68 heavy (non-hydrogen) atoms. The maximum absolute atomic E-state index is 13.3. The number of nitrogens with two attached hydrogens (primary N) is 1. The first kappa shape index (κ1) is 54.6. The van der Waals surface area contributed by atoms with Crippen molar-refractivity contribution in [2.24, 2.45) is 5.73 Å². The van der Waals surface area contributed by atoms with E-state index in [9.17, 15) is 88.2 Å². The van der Waals surface area contributed by atoms with Gasteiger partial charge in [0, 0.05) is 29.9 Å². The summed E-state index contributed by atoms with van der Waals surface area (Å²) in [5.74, 6) is -14.1. The molecule has 1 saturated heterocycles. The van der Waals surface area contributed by atoms with Gasteiger partial charge in [0.1, 0.15) is 48.3 Å². The number of aliphatic carboxylic acids is 2. The number of carbonyl (C=O) groups excluding carboxylic acids is 10. The molecule has 0 saturated carbocycles. The predicted molar refractivity (Wildman–Crippen MR) is 226 cm³/mol. The predicted octanol–water partition coefficient (Wildman–Crippen LogP) is -8.71. The first-order valence-corrected chi connectivity index (χ1v) is 20.6. The van der Waals surface area contributed by atoms with E-state index in [1.807, 2.05) is 16.0 Å². The lowest BCUT2D eigenvalue weighted by atomic mass is 10.0. The van der Waals surface area contributed by atoms with Gasteiger partial charge in [0.2, 0.25) is 59.1 Å². The van der Waals surface area contributed by atoms with Crippen LogP contribution in [0.4, 0.5) is 0 Å². The molecular weight excluding hydrogens is 910 g/mol. The van der Waals surface area contributed by atoms with Gasteiger partial charge in [-0.25, -0.2) is 4.79 Å². The van der Waals surface area contributed by atoms with Crippen molar-refractivity contribution in [3.63, 3.8) is 0 Å². The molecule has 0 unspecified atom stereocenters. The molecule has 1 aromatic heterocycles. The molecule has 9 atom stereocenters. The summed E-state index contributed by atoms with van der Waals surface area (Å²) in [5.41, 5.74) is 6.28. The zero-order valence-corrected chi connectivity index (χ0v) is 36.1. The first-order chi connectivity index (χ1) is 32.1. The molecular formula is C39H53N11O18. The molecule has 372 valence electrons. The summed E-state index contributed by atoms with van der Waals surface area (Å²) in [5, 5.41) is 78.5. The number of carbonyl (C=O) groups is 12. The Morgan fingerprint density at radius 1 is 0.691 bits per heavy atom. The number of carboxylic acid groups (broad SMARTS) is 2. The van der Waals surface area contributed by atoms with Gasteiger partial charge >= 0.3 is 11.9 Å². The second-order valence-corrected chi connectivity index (χ2v) is 15.2. The van der Waals surface area contributed by atoms with E-state index in [4.69, 9.17) is 5.73 Å². The maximum atomic E-state index is 13.3. The molecule has 1 aliphatic rings. The molecule has 1 fully saturated rings. The average molecular weight is 964 g/mol. The fraction of sp³-hybridized carbons (Fsp3) is 0.487. The van der Waals surface area contributed by atoms with E-state index in [0.29, 0.717) is 16.5 Å². The molecule has 2 heterocycles. The number of primary amides is 1. The van der Waals surface area contributed by atoms with Gasteiger partial charge in [0.25, 0.3) is 0 Å². The molecule has 29 nitrogen and oxygen atoms in total. The molecule has 0 radical (unpaired) electrons. The van der Waals surface area contributed by atoms with Gasteiger partial charge in [-0.2, -0.15) is 0 Å². The number of para-hydroxylation sites is 1. The number of fused-ring (bicyclic) bond motifs is 1. The van der Waals surface area contributed by atoms with Crippen LogP contribution in [0, 0.1) is 0 Å². The number of nitrogens with one attached hydrogen (secondary N) is 10. The highest BCUT2D eigenvalue weighted by Gasteiger charge is 2.36. The Kier molecular flexibility index (Phi) is 20.7. The third kappa shape index (κ3) is 16.3. The molecule has 2 aromatic rings. The molecule has 1 aromatic carbocycles. The second kappa shape index (κ2) is 25.8. The number of benzene rings is 1. The van der Waals surface area contributed by atoms with E-state index in [-0.39, 0.29) is 19.3 Å². The van der Waals surface area contributed by atoms with Crippen LogP contribution in [0.3, 0.4) is 0 Å². The van der Waals surface area contributed by atoms with Crippen LogP contribution in [0.2, 0.25) is 0 Å².